The number of amides is 1. The minimum atomic E-state index is -1.20. The predicted molar refractivity (Wildman–Crippen MR) is 75.2 cm³/mol. The van der Waals surface area contributed by atoms with Crippen LogP contribution in [0.3, 0.4) is 0 Å². The van der Waals surface area contributed by atoms with Crippen molar-refractivity contribution in [3.8, 4) is 0 Å². The molecule has 0 radical (unpaired) electrons. The maximum atomic E-state index is 14.0. The molecule has 1 aromatic rings. The number of aliphatic hydroxyl groups is 2. The van der Waals surface area contributed by atoms with Gasteiger partial charge in [-0.2, -0.15) is 4.98 Å². The molecule has 1 aliphatic heterocycles. The number of aromatic nitrogens is 2. The van der Waals surface area contributed by atoms with Gasteiger partial charge in [-0.25, -0.2) is 14.0 Å². The SMILES string of the molecule is C=C1[C@H](n2cc(F)c(NC(=O)OCC)nc2=O)O[C@H](CO)[C@H]1O. The standard InChI is InChI=1S/C13H16FN3O6/c1-3-22-13(21)16-10-7(14)4-17(12(20)15-10)11-6(2)9(19)8(5-18)23-11/h4,8-9,11,18-19H,2-3,5H2,1H3,(H,15,16,20,21)/t8-,9+,11-/m1/s1. The number of carbonyl (C=O) groups excluding carboxylic acids is 1. The van der Waals surface area contributed by atoms with Gasteiger partial charge >= 0.3 is 11.8 Å². The average Bonchev–Trinajstić information content (AvgIpc) is 2.78. The molecule has 0 aliphatic carbocycles. The van der Waals surface area contributed by atoms with E-state index < -0.39 is 48.5 Å². The largest absolute Gasteiger partial charge is 0.450 e. The fourth-order valence-corrected chi connectivity index (χ4v) is 2.06. The topological polar surface area (TPSA) is 123 Å². The number of carbonyl (C=O) groups is 1. The smallest absolute Gasteiger partial charge is 0.412 e. The second kappa shape index (κ2) is 6.86. The fourth-order valence-electron chi connectivity index (χ4n) is 2.06. The number of ether oxygens (including phenoxy) is 2. The first-order valence-corrected chi connectivity index (χ1v) is 6.74. The van der Waals surface area contributed by atoms with Gasteiger partial charge in [0.1, 0.15) is 12.2 Å². The molecule has 2 rings (SSSR count). The summed E-state index contributed by atoms with van der Waals surface area (Å²) in [6, 6.07) is 0. The van der Waals surface area contributed by atoms with Crippen molar-refractivity contribution in [2.75, 3.05) is 18.5 Å². The summed E-state index contributed by atoms with van der Waals surface area (Å²) >= 11 is 0. The van der Waals surface area contributed by atoms with Crippen LogP contribution in [0.5, 0.6) is 0 Å². The van der Waals surface area contributed by atoms with Crippen molar-refractivity contribution < 1.29 is 28.9 Å². The number of anilines is 1. The van der Waals surface area contributed by atoms with Crippen LogP contribution in [0.1, 0.15) is 13.2 Å². The summed E-state index contributed by atoms with van der Waals surface area (Å²) in [6.07, 6.45) is -3.53. The lowest BCUT2D eigenvalue weighted by Crippen LogP contribution is -2.30. The summed E-state index contributed by atoms with van der Waals surface area (Å²) in [5.74, 6) is -1.59. The lowest BCUT2D eigenvalue weighted by atomic mass is 10.1. The van der Waals surface area contributed by atoms with Gasteiger partial charge in [0.05, 0.1) is 19.4 Å². The van der Waals surface area contributed by atoms with Gasteiger partial charge in [0.15, 0.2) is 17.9 Å². The number of aliphatic hydroxyl groups excluding tert-OH is 2. The molecule has 1 fully saturated rings. The second-order valence-corrected chi connectivity index (χ2v) is 4.70. The third kappa shape index (κ3) is 3.38. The molecule has 1 aromatic heterocycles. The van der Waals surface area contributed by atoms with Crippen LogP contribution in [-0.4, -0.2) is 51.3 Å². The van der Waals surface area contributed by atoms with Crippen molar-refractivity contribution in [1.29, 1.82) is 0 Å². The molecule has 0 spiro atoms. The molecule has 3 atom stereocenters. The van der Waals surface area contributed by atoms with Crippen LogP contribution in [0.2, 0.25) is 0 Å². The van der Waals surface area contributed by atoms with E-state index in [-0.39, 0.29) is 12.2 Å². The first-order valence-electron chi connectivity index (χ1n) is 6.74. The van der Waals surface area contributed by atoms with Gasteiger partial charge in [-0.15, -0.1) is 0 Å². The highest BCUT2D eigenvalue weighted by atomic mass is 19.1. The maximum Gasteiger partial charge on any atom is 0.412 e. The van der Waals surface area contributed by atoms with E-state index in [1.165, 1.54) is 0 Å². The first kappa shape index (κ1) is 17.1. The Hall–Kier alpha value is -2.30. The zero-order valence-corrected chi connectivity index (χ0v) is 12.2. The Labute approximate surface area is 130 Å². The summed E-state index contributed by atoms with van der Waals surface area (Å²) in [6.45, 7) is 4.71. The minimum Gasteiger partial charge on any atom is -0.450 e. The van der Waals surface area contributed by atoms with Gasteiger partial charge in [-0.1, -0.05) is 6.58 Å². The number of nitrogens with zero attached hydrogens (tertiary/aromatic N) is 2. The van der Waals surface area contributed by atoms with Crippen LogP contribution < -0.4 is 11.0 Å². The molecular formula is C13H16FN3O6. The van der Waals surface area contributed by atoms with Crippen molar-refractivity contribution in [2.45, 2.75) is 25.4 Å². The minimum absolute atomic E-state index is 0.0701. The van der Waals surface area contributed by atoms with E-state index in [1.54, 1.807) is 6.92 Å². The lowest BCUT2D eigenvalue weighted by molar-refractivity contribution is -0.0449. The molecule has 0 unspecified atom stereocenters. The maximum absolute atomic E-state index is 14.0. The van der Waals surface area contributed by atoms with Crippen molar-refractivity contribution >= 4 is 11.9 Å². The Kier molecular flexibility index (Phi) is 5.08. The molecule has 3 N–H and O–H groups in total. The van der Waals surface area contributed by atoms with Crippen LogP contribution in [0, 0.1) is 5.82 Å². The van der Waals surface area contributed by atoms with Crippen LogP contribution in [-0.2, 0) is 9.47 Å². The third-order valence-electron chi connectivity index (χ3n) is 3.19. The van der Waals surface area contributed by atoms with E-state index in [9.17, 15) is 19.1 Å². The van der Waals surface area contributed by atoms with Gasteiger partial charge in [0.25, 0.3) is 0 Å². The van der Waals surface area contributed by atoms with E-state index in [2.05, 4.69) is 16.3 Å². The molecule has 9 nitrogen and oxygen atoms in total. The van der Waals surface area contributed by atoms with Crippen molar-refractivity contribution in [3.63, 3.8) is 0 Å². The molecule has 1 amide bonds. The van der Waals surface area contributed by atoms with E-state index in [0.717, 1.165) is 10.8 Å². The molecule has 2 heterocycles. The summed E-state index contributed by atoms with van der Waals surface area (Å²) in [7, 11) is 0. The molecule has 1 saturated heterocycles. The van der Waals surface area contributed by atoms with Crippen LogP contribution in [0.4, 0.5) is 15.0 Å². The Bertz CT molecular complexity index is 676. The van der Waals surface area contributed by atoms with Crippen molar-refractivity contribution in [1.82, 2.24) is 9.55 Å². The molecular weight excluding hydrogens is 313 g/mol. The molecule has 23 heavy (non-hydrogen) atoms. The number of hydrogen-bond acceptors (Lipinski definition) is 7. The monoisotopic (exact) mass is 329 g/mol. The number of nitrogens with one attached hydrogen (secondary N) is 1. The van der Waals surface area contributed by atoms with Gasteiger partial charge in [-0.05, 0) is 6.92 Å². The van der Waals surface area contributed by atoms with E-state index in [0.29, 0.717) is 0 Å². The highest BCUT2D eigenvalue weighted by Gasteiger charge is 2.39. The highest BCUT2D eigenvalue weighted by Crippen LogP contribution is 2.32. The highest BCUT2D eigenvalue weighted by molar-refractivity contribution is 5.83. The number of halogens is 1. The zero-order chi connectivity index (χ0) is 17.1. The third-order valence-corrected chi connectivity index (χ3v) is 3.19. The molecule has 0 saturated carbocycles. The first-order chi connectivity index (χ1) is 10.9. The average molecular weight is 329 g/mol. The van der Waals surface area contributed by atoms with Crippen molar-refractivity contribution in [2.24, 2.45) is 0 Å². The number of rotatable bonds is 4. The zero-order valence-electron chi connectivity index (χ0n) is 12.2. The number of hydrogen-bond donors (Lipinski definition) is 3. The van der Waals surface area contributed by atoms with Gasteiger partial charge in [0.2, 0.25) is 0 Å². The molecule has 126 valence electrons. The Morgan fingerprint density at radius 3 is 2.91 bits per heavy atom. The summed E-state index contributed by atoms with van der Waals surface area (Å²) < 4.78 is 24.6. The predicted octanol–water partition coefficient (Wildman–Crippen LogP) is -0.242. The second-order valence-electron chi connectivity index (χ2n) is 4.70. The Balaban J connectivity index is 2.29. The van der Waals surface area contributed by atoms with Crippen LogP contribution >= 0.6 is 0 Å². The lowest BCUT2D eigenvalue weighted by Gasteiger charge is -2.15. The van der Waals surface area contributed by atoms with Gasteiger partial charge < -0.3 is 19.7 Å². The summed E-state index contributed by atoms with van der Waals surface area (Å²) in [4.78, 5) is 26.6. The van der Waals surface area contributed by atoms with Crippen LogP contribution in [0.25, 0.3) is 0 Å². The molecule has 10 heteroatoms. The molecule has 0 bridgehead atoms. The molecule has 1 aliphatic rings. The van der Waals surface area contributed by atoms with E-state index >= 15 is 0 Å². The van der Waals surface area contributed by atoms with Crippen LogP contribution in [0.15, 0.2) is 23.1 Å². The summed E-state index contributed by atoms with van der Waals surface area (Å²) in [5.41, 5.74) is -0.853. The van der Waals surface area contributed by atoms with E-state index in [1.807, 2.05) is 5.32 Å². The molecule has 0 aromatic carbocycles. The normalized spacial score (nSPS) is 23.8. The van der Waals surface area contributed by atoms with Gasteiger partial charge in [0, 0.05) is 5.57 Å². The van der Waals surface area contributed by atoms with Gasteiger partial charge in [-0.3, -0.25) is 9.88 Å². The Morgan fingerprint density at radius 1 is 1.65 bits per heavy atom. The summed E-state index contributed by atoms with van der Waals surface area (Å²) in [5, 5.41) is 20.9. The fraction of sp³-hybridized carbons (Fsp3) is 0.462. The Morgan fingerprint density at radius 2 is 2.35 bits per heavy atom. The van der Waals surface area contributed by atoms with E-state index in [4.69, 9.17) is 9.84 Å². The van der Waals surface area contributed by atoms with Crippen molar-refractivity contribution in [3.05, 3.63) is 34.7 Å². The quantitative estimate of drug-likeness (QED) is 0.651.